The predicted octanol–water partition coefficient (Wildman–Crippen LogP) is -0.0151. The molecular formula is C12H30N3O+. The quantitative estimate of drug-likeness (QED) is 0.549. The molecule has 0 fully saturated rings. The summed E-state index contributed by atoms with van der Waals surface area (Å²) in [6.07, 6.45) is 0.653. The summed E-state index contributed by atoms with van der Waals surface area (Å²) in [5.41, 5.74) is 0. The van der Waals surface area contributed by atoms with E-state index >= 15 is 0 Å². The average molecular weight is 232 g/mol. The first-order chi connectivity index (χ1) is 7.41. The molecule has 98 valence electrons. The fourth-order valence-corrected chi connectivity index (χ4v) is 1.55. The summed E-state index contributed by atoms with van der Waals surface area (Å²) in [5.74, 6) is 0. The molecule has 0 aromatic heterocycles. The van der Waals surface area contributed by atoms with Gasteiger partial charge in [-0.2, -0.15) is 0 Å². The van der Waals surface area contributed by atoms with Crippen LogP contribution in [-0.4, -0.2) is 81.5 Å². The molecule has 0 aliphatic heterocycles. The minimum atomic E-state index is -0.182. The number of quaternary nitrogens is 1. The second-order valence-electron chi connectivity index (χ2n) is 5.31. The Kier molecular flexibility index (Phi) is 7.93. The fourth-order valence-electron chi connectivity index (χ4n) is 1.55. The number of nitrogens with zero attached hydrogens (tertiary/aromatic N) is 2. The van der Waals surface area contributed by atoms with Gasteiger partial charge in [0.05, 0.1) is 33.3 Å². The largest absolute Gasteiger partial charge is 0.392 e. The van der Waals surface area contributed by atoms with Crippen LogP contribution in [0.4, 0.5) is 0 Å². The van der Waals surface area contributed by atoms with Gasteiger partial charge in [-0.3, -0.25) is 4.90 Å². The Balaban J connectivity index is 3.76. The van der Waals surface area contributed by atoms with Gasteiger partial charge in [0.25, 0.3) is 0 Å². The van der Waals surface area contributed by atoms with Crippen molar-refractivity contribution < 1.29 is 9.59 Å². The summed E-state index contributed by atoms with van der Waals surface area (Å²) in [4.78, 5) is 2.22. The number of aliphatic hydroxyl groups is 1. The molecule has 0 bridgehead atoms. The zero-order chi connectivity index (χ0) is 12.6. The number of nitrogens with one attached hydrogen (secondary N) is 1. The molecular weight excluding hydrogens is 202 g/mol. The summed E-state index contributed by atoms with van der Waals surface area (Å²) >= 11 is 0. The minimum Gasteiger partial charge on any atom is -0.392 e. The fraction of sp³-hybridized carbons (Fsp3) is 1.00. The third-order valence-electron chi connectivity index (χ3n) is 3.05. The van der Waals surface area contributed by atoms with Crippen molar-refractivity contribution in [1.29, 1.82) is 0 Å². The van der Waals surface area contributed by atoms with Crippen LogP contribution >= 0.6 is 0 Å². The maximum absolute atomic E-state index is 9.54. The highest BCUT2D eigenvalue weighted by atomic mass is 16.3. The van der Waals surface area contributed by atoms with E-state index in [4.69, 9.17) is 0 Å². The van der Waals surface area contributed by atoms with Crippen molar-refractivity contribution in [1.82, 2.24) is 10.2 Å². The van der Waals surface area contributed by atoms with Crippen molar-refractivity contribution in [2.75, 3.05) is 60.9 Å². The van der Waals surface area contributed by atoms with E-state index in [9.17, 15) is 5.11 Å². The van der Waals surface area contributed by atoms with Crippen LogP contribution in [0.3, 0.4) is 0 Å². The highest BCUT2D eigenvalue weighted by molar-refractivity contribution is 4.59. The van der Waals surface area contributed by atoms with Crippen molar-refractivity contribution in [3.63, 3.8) is 0 Å². The molecule has 4 heteroatoms. The van der Waals surface area contributed by atoms with Gasteiger partial charge in [0.2, 0.25) is 0 Å². The van der Waals surface area contributed by atoms with E-state index in [1.807, 2.05) is 14.0 Å². The highest BCUT2D eigenvalue weighted by Gasteiger charge is 2.15. The molecule has 0 radical (unpaired) electrons. The van der Waals surface area contributed by atoms with Crippen molar-refractivity contribution in [3.8, 4) is 0 Å². The average Bonchev–Trinajstić information content (AvgIpc) is 2.24. The van der Waals surface area contributed by atoms with Gasteiger partial charge in [-0.05, 0) is 20.5 Å². The summed E-state index contributed by atoms with van der Waals surface area (Å²) in [5, 5.41) is 12.7. The van der Waals surface area contributed by atoms with Gasteiger partial charge < -0.3 is 14.9 Å². The first-order valence-electron chi connectivity index (χ1n) is 6.24. The lowest BCUT2D eigenvalue weighted by Crippen LogP contribution is -2.48. The Morgan fingerprint density at radius 3 is 2.44 bits per heavy atom. The zero-order valence-corrected chi connectivity index (χ0v) is 11.7. The molecule has 0 aromatic carbocycles. The second kappa shape index (κ2) is 8.01. The summed E-state index contributed by atoms with van der Waals surface area (Å²) < 4.78 is 1.02. The molecule has 0 spiro atoms. The smallest absolute Gasteiger partial charge is 0.0912 e. The van der Waals surface area contributed by atoms with Gasteiger partial charge in [0, 0.05) is 19.6 Å². The molecule has 0 saturated heterocycles. The molecule has 0 rings (SSSR count). The summed E-state index contributed by atoms with van der Waals surface area (Å²) in [6.45, 7) is 7.14. The van der Waals surface area contributed by atoms with Crippen LogP contribution < -0.4 is 5.32 Å². The van der Waals surface area contributed by atoms with Crippen LogP contribution in [0.1, 0.15) is 13.3 Å². The molecule has 1 unspecified atom stereocenters. The number of likely N-dealkylation sites (N-methyl/N-ethyl adjacent to an activating group) is 3. The van der Waals surface area contributed by atoms with Crippen LogP contribution in [0.2, 0.25) is 0 Å². The van der Waals surface area contributed by atoms with Crippen LogP contribution in [0.5, 0.6) is 0 Å². The lowest BCUT2D eigenvalue weighted by molar-refractivity contribution is -0.888. The molecule has 4 nitrogen and oxygen atoms in total. The molecule has 0 aliphatic carbocycles. The van der Waals surface area contributed by atoms with E-state index in [-0.39, 0.29) is 6.10 Å². The highest BCUT2D eigenvalue weighted by Crippen LogP contribution is 1.99. The van der Waals surface area contributed by atoms with Gasteiger partial charge >= 0.3 is 0 Å². The monoisotopic (exact) mass is 232 g/mol. The van der Waals surface area contributed by atoms with E-state index < -0.39 is 0 Å². The van der Waals surface area contributed by atoms with Crippen molar-refractivity contribution in [2.45, 2.75) is 19.4 Å². The normalized spacial score (nSPS) is 14.4. The first kappa shape index (κ1) is 15.8. The lowest BCUT2D eigenvalue weighted by atomic mass is 10.2. The molecule has 1 atom stereocenters. The predicted molar refractivity (Wildman–Crippen MR) is 69.6 cm³/mol. The molecule has 0 amide bonds. The SMILES string of the molecule is CCC(O)CN(C)CC[N+](C)(C)CCNC. The number of rotatable bonds is 9. The Labute approximate surface area is 101 Å². The van der Waals surface area contributed by atoms with E-state index in [2.05, 4.69) is 31.4 Å². The summed E-state index contributed by atoms with van der Waals surface area (Å²) in [7, 11) is 8.57. The molecule has 0 aliphatic rings. The first-order valence-corrected chi connectivity index (χ1v) is 6.24. The van der Waals surface area contributed by atoms with E-state index in [1.165, 1.54) is 0 Å². The zero-order valence-electron chi connectivity index (χ0n) is 11.7. The Morgan fingerprint density at radius 1 is 1.31 bits per heavy atom. The molecule has 0 saturated carbocycles. The van der Waals surface area contributed by atoms with E-state index in [1.54, 1.807) is 0 Å². The van der Waals surface area contributed by atoms with Crippen LogP contribution in [-0.2, 0) is 0 Å². The van der Waals surface area contributed by atoms with Gasteiger partial charge in [-0.15, -0.1) is 0 Å². The Hall–Kier alpha value is -0.160. The molecule has 0 heterocycles. The third kappa shape index (κ3) is 8.05. The number of aliphatic hydroxyl groups excluding tert-OH is 1. The topological polar surface area (TPSA) is 35.5 Å². The van der Waals surface area contributed by atoms with E-state index in [0.717, 1.165) is 43.6 Å². The van der Waals surface area contributed by atoms with Gasteiger partial charge in [-0.1, -0.05) is 6.92 Å². The molecule has 0 aromatic rings. The van der Waals surface area contributed by atoms with Crippen molar-refractivity contribution >= 4 is 0 Å². The van der Waals surface area contributed by atoms with Gasteiger partial charge in [-0.25, -0.2) is 0 Å². The standard InChI is InChI=1S/C12H30N3O/c1-6-12(16)11-14(3)8-10-15(4,5)9-7-13-2/h12-13,16H,6-11H2,1-5H3/q+1. The van der Waals surface area contributed by atoms with Crippen LogP contribution in [0.25, 0.3) is 0 Å². The molecule has 16 heavy (non-hydrogen) atoms. The number of hydrogen-bond donors (Lipinski definition) is 2. The number of hydrogen-bond acceptors (Lipinski definition) is 3. The maximum Gasteiger partial charge on any atom is 0.0912 e. The summed E-state index contributed by atoms with van der Waals surface area (Å²) in [6, 6.07) is 0. The Bertz CT molecular complexity index is 174. The van der Waals surface area contributed by atoms with Crippen molar-refractivity contribution in [2.24, 2.45) is 0 Å². The lowest BCUT2D eigenvalue weighted by Gasteiger charge is -2.32. The second-order valence-corrected chi connectivity index (χ2v) is 5.31. The minimum absolute atomic E-state index is 0.182. The third-order valence-corrected chi connectivity index (χ3v) is 3.05. The van der Waals surface area contributed by atoms with Crippen molar-refractivity contribution in [3.05, 3.63) is 0 Å². The van der Waals surface area contributed by atoms with Crippen LogP contribution in [0.15, 0.2) is 0 Å². The van der Waals surface area contributed by atoms with E-state index in [0.29, 0.717) is 0 Å². The van der Waals surface area contributed by atoms with Gasteiger partial charge in [0.1, 0.15) is 0 Å². The molecule has 2 N–H and O–H groups in total. The Morgan fingerprint density at radius 2 is 1.94 bits per heavy atom. The van der Waals surface area contributed by atoms with Crippen LogP contribution in [0, 0.1) is 0 Å². The maximum atomic E-state index is 9.54. The van der Waals surface area contributed by atoms with Gasteiger partial charge in [0.15, 0.2) is 0 Å².